The average molecular weight is 388 g/mol. The summed E-state index contributed by atoms with van der Waals surface area (Å²) in [7, 11) is 0. The highest BCUT2D eigenvalue weighted by molar-refractivity contribution is 9.10. The predicted molar refractivity (Wildman–Crippen MR) is 92.9 cm³/mol. The van der Waals surface area contributed by atoms with Gasteiger partial charge in [0.25, 0.3) is 0 Å². The lowest BCUT2D eigenvalue weighted by Crippen LogP contribution is -2.48. The van der Waals surface area contributed by atoms with Crippen LogP contribution in [-0.4, -0.2) is 67.8 Å². The number of rotatable bonds is 8. The van der Waals surface area contributed by atoms with Gasteiger partial charge < -0.3 is 19.3 Å². The molecular formula is C17H26BrNO4. The summed E-state index contributed by atoms with van der Waals surface area (Å²) in [5.41, 5.74) is 0. The number of hydrogen-bond donors (Lipinski definition) is 1. The summed E-state index contributed by atoms with van der Waals surface area (Å²) in [4.78, 5) is 2.23. The molecular weight excluding hydrogens is 362 g/mol. The van der Waals surface area contributed by atoms with Gasteiger partial charge in [-0.2, -0.15) is 0 Å². The molecule has 0 unspecified atom stereocenters. The number of halogens is 1. The number of β-amino-alcohol motifs (C(OH)–C–C–N with tert-alkyl or cyclic N) is 1. The zero-order valence-electron chi connectivity index (χ0n) is 13.8. The normalized spacial score (nSPS) is 23.7. The second kappa shape index (κ2) is 9.59. The van der Waals surface area contributed by atoms with Crippen LogP contribution < -0.4 is 4.74 Å². The molecule has 130 valence electrons. The van der Waals surface area contributed by atoms with E-state index in [0.717, 1.165) is 23.3 Å². The Kier molecular flexibility index (Phi) is 7.79. The fourth-order valence-corrected chi connectivity index (χ4v) is 3.18. The summed E-state index contributed by atoms with van der Waals surface area (Å²) in [6.07, 6.45) is -0.0647. The summed E-state index contributed by atoms with van der Waals surface area (Å²) >= 11 is 3.43. The van der Waals surface area contributed by atoms with Crippen molar-refractivity contribution >= 4 is 15.9 Å². The highest BCUT2D eigenvalue weighted by atomic mass is 79.9. The van der Waals surface area contributed by atoms with Crippen LogP contribution in [0.25, 0.3) is 0 Å². The third kappa shape index (κ3) is 6.77. The molecule has 2 rings (SSSR count). The summed E-state index contributed by atoms with van der Waals surface area (Å²) in [5, 5.41) is 10.1. The van der Waals surface area contributed by atoms with Gasteiger partial charge in [-0.25, -0.2) is 0 Å². The fourth-order valence-electron chi connectivity index (χ4n) is 2.78. The summed E-state index contributed by atoms with van der Waals surface area (Å²) in [6, 6.07) is 7.70. The summed E-state index contributed by atoms with van der Waals surface area (Å²) < 4.78 is 17.7. The van der Waals surface area contributed by atoms with Crippen molar-refractivity contribution in [3.63, 3.8) is 0 Å². The van der Waals surface area contributed by atoms with Crippen molar-refractivity contribution in [3.05, 3.63) is 28.7 Å². The Hall–Kier alpha value is -0.660. The van der Waals surface area contributed by atoms with E-state index < -0.39 is 6.10 Å². The lowest BCUT2D eigenvalue weighted by Gasteiger charge is -2.36. The van der Waals surface area contributed by atoms with Crippen LogP contribution in [0.2, 0.25) is 0 Å². The maximum atomic E-state index is 10.1. The molecule has 0 aliphatic carbocycles. The van der Waals surface area contributed by atoms with Crippen LogP contribution in [0.1, 0.15) is 13.8 Å². The molecule has 0 amide bonds. The summed E-state index contributed by atoms with van der Waals surface area (Å²) in [5.74, 6) is 0.799. The second-order valence-electron chi connectivity index (χ2n) is 5.98. The number of aliphatic hydroxyl groups excluding tert-OH is 1. The molecule has 3 atom stereocenters. The number of morpholine rings is 1. The second-order valence-corrected chi connectivity index (χ2v) is 6.84. The van der Waals surface area contributed by atoms with Crippen molar-refractivity contribution < 1.29 is 19.3 Å². The fraction of sp³-hybridized carbons (Fsp3) is 0.647. The maximum absolute atomic E-state index is 10.1. The minimum atomic E-state index is -0.490. The van der Waals surface area contributed by atoms with E-state index in [9.17, 15) is 5.11 Å². The molecule has 6 heteroatoms. The third-order valence-electron chi connectivity index (χ3n) is 3.60. The molecule has 0 bridgehead atoms. The smallest absolute Gasteiger partial charge is 0.133 e. The molecule has 1 aromatic rings. The van der Waals surface area contributed by atoms with Crippen molar-refractivity contribution in [1.29, 1.82) is 0 Å². The molecule has 5 nitrogen and oxygen atoms in total. The average Bonchev–Trinajstić information content (AvgIpc) is 2.47. The van der Waals surface area contributed by atoms with Crippen LogP contribution in [0.5, 0.6) is 5.75 Å². The monoisotopic (exact) mass is 387 g/mol. The van der Waals surface area contributed by atoms with Gasteiger partial charge in [-0.05, 0) is 41.9 Å². The lowest BCUT2D eigenvalue weighted by molar-refractivity contribution is -0.0824. The van der Waals surface area contributed by atoms with Crippen molar-refractivity contribution in [3.8, 4) is 5.75 Å². The van der Waals surface area contributed by atoms with Crippen molar-refractivity contribution in [2.24, 2.45) is 0 Å². The van der Waals surface area contributed by atoms with Crippen LogP contribution in [0.4, 0.5) is 0 Å². The zero-order valence-corrected chi connectivity index (χ0v) is 15.4. The van der Waals surface area contributed by atoms with Gasteiger partial charge in [0.15, 0.2) is 0 Å². The Balaban J connectivity index is 1.58. The van der Waals surface area contributed by atoms with E-state index in [1.165, 1.54) is 0 Å². The minimum absolute atomic E-state index is 0.213. The van der Waals surface area contributed by atoms with Gasteiger partial charge in [-0.3, -0.25) is 4.90 Å². The molecule has 1 aromatic carbocycles. The third-order valence-corrected chi connectivity index (χ3v) is 4.25. The summed E-state index contributed by atoms with van der Waals surface area (Å²) in [6.45, 7) is 7.67. The van der Waals surface area contributed by atoms with Crippen molar-refractivity contribution in [2.75, 3.05) is 39.5 Å². The lowest BCUT2D eigenvalue weighted by atomic mass is 10.2. The minimum Gasteiger partial charge on any atom is -0.490 e. The Morgan fingerprint density at radius 3 is 2.65 bits per heavy atom. The molecule has 1 heterocycles. The molecule has 1 saturated heterocycles. The van der Waals surface area contributed by atoms with Gasteiger partial charge in [0.1, 0.15) is 12.4 Å². The molecule has 0 saturated carbocycles. The van der Waals surface area contributed by atoms with E-state index in [2.05, 4.69) is 34.7 Å². The SMILES string of the molecule is C[C@@H]1CN(C[C@H](O)COCCOc2ccccc2Br)C[C@@H](C)O1. The Morgan fingerprint density at radius 2 is 1.96 bits per heavy atom. The highest BCUT2D eigenvalue weighted by Crippen LogP contribution is 2.23. The predicted octanol–water partition coefficient (Wildman–Crippen LogP) is 2.31. The first kappa shape index (κ1) is 18.7. The highest BCUT2D eigenvalue weighted by Gasteiger charge is 2.23. The van der Waals surface area contributed by atoms with Crippen LogP contribution in [0.3, 0.4) is 0 Å². The number of ether oxygens (including phenoxy) is 3. The quantitative estimate of drug-likeness (QED) is 0.693. The van der Waals surface area contributed by atoms with Gasteiger partial charge >= 0.3 is 0 Å². The van der Waals surface area contributed by atoms with Gasteiger partial charge in [0, 0.05) is 19.6 Å². The van der Waals surface area contributed by atoms with E-state index in [0.29, 0.717) is 26.4 Å². The first-order valence-electron chi connectivity index (χ1n) is 8.05. The number of nitrogens with zero attached hydrogens (tertiary/aromatic N) is 1. The molecule has 23 heavy (non-hydrogen) atoms. The first-order chi connectivity index (χ1) is 11.0. The first-order valence-corrected chi connectivity index (χ1v) is 8.85. The molecule has 1 fully saturated rings. The van der Waals surface area contributed by atoms with Crippen LogP contribution in [0, 0.1) is 0 Å². The van der Waals surface area contributed by atoms with Crippen LogP contribution in [0.15, 0.2) is 28.7 Å². The Bertz CT molecular complexity index is 464. The van der Waals surface area contributed by atoms with Gasteiger partial charge in [0.2, 0.25) is 0 Å². The molecule has 1 aliphatic heterocycles. The van der Waals surface area contributed by atoms with E-state index in [1.54, 1.807) is 0 Å². The maximum Gasteiger partial charge on any atom is 0.133 e. The molecule has 1 N–H and O–H groups in total. The zero-order chi connectivity index (χ0) is 16.7. The van der Waals surface area contributed by atoms with Crippen molar-refractivity contribution in [2.45, 2.75) is 32.2 Å². The van der Waals surface area contributed by atoms with Crippen LogP contribution in [-0.2, 0) is 9.47 Å². The molecule has 0 spiro atoms. The standard InChI is InChI=1S/C17H26BrNO4/c1-13-9-19(10-14(2)23-13)11-15(20)12-21-7-8-22-17-6-4-3-5-16(17)18/h3-6,13-15,20H,7-12H2,1-2H3/t13-,14-,15+/m1/s1. The number of para-hydroxylation sites is 1. The van der Waals surface area contributed by atoms with E-state index in [4.69, 9.17) is 14.2 Å². The van der Waals surface area contributed by atoms with Gasteiger partial charge in [-0.1, -0.05) is 12.1 Å². The number of aliphatic hydroxyl groups is 1. The number of benzene rings is 1. The van der Waals surface area contributed by atoms with Crippen LogP contribution >= 0.6 is 15.9 Å². The van der Waals surface area contributed by atoms with Gasteiger partial charge in [-0.15, -0.1) is 0 Å². The van der Waals surface area contributed by atoms with E-state index in [1.807, 2.05) is 24.3 Å². The van der Waals surface area contributed by atoms with Crippen molar-refractivity contribution in [1.82, 2.24) is 4.90 Å². The van der Waals surface area contributed by atoms with Gasteiger partial charge in [0.05, 0.1) is 36.0 Å². The largest absolute Gasteiger partial charge is 0.490 e. The molecule has 0 radical (unpaired) electrons. The van der Waals surface area contributed by atoms with E-state index in [-0.39, 0.29) is 12.2 Å². The molecule has 0 aromatic heterocycles. The Morgan fingerprint density at radius 1 is 1.26 bits per heavy atom. The number of hydrogen-bond acceptors (Lipinski definition) is 5. The molecule has 1 aliphatic rings. The Labute approximate surface area is 146 Å². The van der Waals surface area contributed by atoms with E-state index >= 15 is 0 Å². The topological polar surface area (TPSA) is 51.2 Å².